The van der Waals surface area contributed by atoms with Crippen molar-refractivity contribution in [1.29, 1.82) is 0 Å². The van der Waals surface area contributed by atoms with E-state index in [1.54, 1.807) is 13.0 Å². The third-order valence-electron chi connectivity index (χ3n) is 8.65. The normalized spacial score (nSPS) is 15.5. The highest BCUT2D eigenvalue weighted by molar-refractivity contribution is 6.04. The number of aromatic nitrogens is 2. The monoisotopic (exact) mass is 600 g/mol. The van der Waals surface area contributed by atoms with E-state index in [1.165, 1.54) is 31.0 Å². The molecular formula is C35H38F2N4O3. The van der Waals surface area contributed by atoms with Crippen LogP contribution in [-0.4, -0.2) is 52.0 Å². The molecule has 1 amide bonds. The molecule has 1 aliphatic carbocycles. The number of likely N-dealkylation sites (tertiary alicyclic amines) is 1. The average molecular weight is 601 g/mol. The van der Waals surface area contributed by atoms with Crippen LogP contribution in [0.25, 0.3) is 22.5 Å². The Morgan fingerprint density at radius 2 is 1.68 bits per heavy atom. The summed E-state index contributed by atoms with van der Waals surface area (Å²) in [4.78, 5) is 20.3. The third kappa shape index (κ3) is 6.06. The number of benzene rings is 3. The molecule has 230 valence electrons. The van der Waals surface area contributed by atoms with Crippen molar-refractivity contribution in [2.24, 2.45) is 5.92 Å². The minimum Gasteiger partial charge on any atom is -0.492 e. The van der Waals surface area contributed by atoms with Crippen molar-refractivity contribution in [1.82, 2.24) is 14.6 Å². The fraction of sp³-hybridized carbons (Fsp3) is 0.371. The topological polar surface area (TPSA) is 79.6 Å². The molecule has 2 heterocycles. The van der Waals surface area contributed by atoms with Crippen LogP contribution in [0, 0.1) is 26.7 Å². The standard InChI is InChI=1S/C35H38F2N4O3/c1-22-8-6-9-23(2)31(22)25-18-26(20-30(19-25)44-17-16-40-14-4-5-15-40)33-38-24(3)32(41(33)43)34(42)39-29-11-7-10-28(21-29)35(36,37)27-12-13-27/h6-11,18-21,27,43H,4-5,12-17H2,1-3H3,(H,39,42). The number of alkyl halides is 2. The summed E-state index contributed by atoms with van der Waals surface area (Å²) in [5.74, 6) is -3.44. The molecule has 2 N–H and O–H groups in total. The van der Waals surface area contributed by atoms with E-state index in [2.05, 4.69) is 41.2 Å². The molecule has 0 unspecified atom stereocenters. The molecule has 0 bridgehead atoms. The molecule has 6 rings (SSSR count). The van der Waals surface area contributed by atoms with Gasteiger partial charge in [-0.15, -0.1) is 0 Å². The van der Waals surface area contributed by atoms with Crippen LogP contribution < -0.4 is 10.1 Å². The molecule has 44 heavy (non-hydrogen) atoms. The fourth-order valence-electron chi connectivity index (χ4n) is 6.17. The van der Waals surface area contributed by atoms with E-state index in [-0.39, 0.29) is 22.8 Å². The Hall–Kier alpha value is -4.24. The first-order chi connectivity index (χ1) is 21.1. The molecule has 1 aliphatic heterocycles. The van der Waals surface area contributed by atoms with Crippen LogP contribution >= 0.6 is 0 Å². The molecule has 9 heteroatoms. The molecule has 1 saturated heterocycles. The van der Waals surface area contributed by atoms with Crippen LogP contribution in [-0.2, 0) is 5.92 Å². The third-order valence-corrected chi connectivity index (χ3v) is 8.65. The fourth-order valence-corrected chi connectivity index (χ4v) is 6.17. The van der Waals surface area contributed by atoms with Gasteiger partial charge < -0.3 is 15.3 Å². The zero-order valence-electron chi connectivity index (χ0n) is 25.4. The van der Waals surface area contributed by atoms with E-state index in [1.807, 2.05) is 24.3 Å². The summed E-state index contributed by atoms with van der Waals surface area (Å²) in [5, 5.41) is 14.0. The molecule has 3 aromatic carbocycles. The van der Waals surface area contributed by atoms with Gasteiger partial charge in [-0.3, -0.25) is 9.69 Å². The first kappa shape index (κ1) is 29.8. The number of aryl methyl sites for hydroxylation is 3. The first-order valence-corrected chi connectivity index (χ1v) is 15.3. The smallest absolute Gasteiger partial charge is 0.277 e. The molecule has 0 radical (unpaired) electrons. The summed E-state index contributed by atoms with van der Waals surface area (Å²) < 4.78 is 36.4. The molecule has 2 fully saturated rings. The Kier molecular flexibility index (Phi) is 8.16. The molecule has 2 aliphatic rings. The maximum Gasteiger partial charge on any atom is 0.277 e. The van der Waals surface area contributed by atoms with Crippen molar-refractivity contribution in [3.05, 3.63) is 88.7 Å². The van der Waals surface area contributed by atoms with Crippen LogP contribution in [0.15, 0.2) is 60.7 Å². The van der Waals surface area contributed by atoms with Gasteiger partial charge in [0.05, 0.1) is 5.69 Å². The number of nitrogens with zero attached hydrogens (tertiary/aromatic N) is 3. The second kappa shape index (κ2) is 12.0. The Morgan fingerprint density at radius 1 is 1.00 bits per heavy atom. The van der Waals surface area contributed by atoms with Crippen LogP contribution in [0.5, 0.6) is 5.75 Å². The second-order valence-electron chi connectivity index (χ2n) is 12.0. The van der Waals surface area contributed by atoms with Crippen LogP contribution in [0.2, 0.25) is 0 Å². The lowest BCUT2D eigenvalue weighted by Crippen LogP contribution is -2.25. The lowest BCUT2D eigenvalue weighted by atomic mass is 9.94. The van der Waals surface area contributed by atoms with E-state index in [4.69, 9.17) is 4.74 Å². The Balaban J connectivity index is 1.31. The highest BCUT2D eigenvalue weighted by atomic mass is 19.3. The Morgan fingerprint density at radius 3 is 2.39 bits per heavy atom. The number of imidazole rings is 1. The Bertz CT molecular complexity index is 1670. The van der Waals surface area contributed by atoms with Gasteiger partial charge in [-0.25, -0.2) is 13.8 Å². The Labute approximate surface area is 256 Å². The summed E-state index contributed by atoms with van der Waals surface area (Å²) in [6.45, 7) is 9.25. The quantitative estimate of drug-likeness (QED) is 0.183. The van der Waals surface area contributed by atoms with Crippen molar-refractivity contribution >= 4 is 11.6 Å². The molecule has 0 spiro atoms. The maximum atomic E-state index is 14.7. The number of hydrogen-bond acceptors (Lipinski definition) is 5. The van der Waals surface area contributed by atoms with E-state index >= 15 is 0 Å². The molecule has 4 aromatic rings. The minimum absolute atomic E-state index is 0.0756. The van der Waals surface area contributed by atoms with E-state index in [0.717, 1.165) is 46.6 Å². The maximum absolute atomic E-state index is 14.7. The largest absolute Gasteiger partial charge is 0.492 e. The highest BCUT2D eigenvalue weighted by Gasteiger charge is 2.48. The minimum atomic E-state index is -2.95. The van der Waals surface area contributed by atoms with E-state index in [0.29, 0.717) is 36.5 Å². The van der Waals surface area contributed by atoms with Crippen molar-refractivity contribution in [3.8, 4) is 28.3 Å². The van der Waals surface area contributed by atoms with Crippen molar-refractivity contribution in [2.45, 2.75) is 52.4 Å². The van der Waals surface area contributed by atoms with E-state index in [9.17, 15) is 18.8 Å². The van der Waals surface area contributed by atoms with Gasteiger partial charge >= 0.3 is 0 Å². The SMILES string of the molecule is Cc1cccc(C)c1-c1cc(OCCN2CCCC2)cc(-c2nc(C)c(C(=O)Nc3cccc(C(F)(F)C4CC4)c3)n2O)c1. The predicted octanol–water partition coefficient (Wildman–Crippen LogP) is 7.61. The molecule has 1 aromatic heterocycles. The molecule has 7 nitrogen and oxygen atoms in total. The molecule has 0 atom stereocenters. The number of anilines is 1. The van der Waals surface area contributed by atoms with Gasteiger partial charge in [0.2, 0.25) is 0 Å². The number of rotatable bonds is 10. The predicted molar refractivity (Wildman–Crippen MR) is 167 cm³/mol. The van der Waals surface area contributed by atoms with Crippen molar-refractivity contribution in [2.75, 3.05) is 31.6 Å². The average Bonchev–Trinajstić information content (AvgIpc) is 3.65. The van der Waals surface area contributed by atoms with Crippen LogP contribution in [0.1, 0.15) is 58.6 Å². The number of nitrogens with one attached hydrogen (secondary N) is 1. The summed E-state index contributed by atoms with van der Waals surface area (Å²) >= 11 is 0. The zero-order valence-corrected chi connectivity index (χ0v) is 25.4. The number of halogens is 2. The summed E-state index contributed by atoms with van der Waals surface area (Å²) in [6, 6.07) is 17.6. The lowest BCUT2D eigenvalue weighted by Gasteiger charge is -2.17. The summed E-state index contributed by atoms with van der Waals surface area (Å²) in [6.07, 6.45) is 3.40. The van der Waals surface area contributed by atoms with Crippen molar-refractivity contribution < 1.29 is 23.5 Å². The van der Waals surface area contributed by atoms with Gasteiger partial charge in [0, 0.05) is 29.3 Å². The zero-order chi connectivity index (χ0) is 31.0. The van der Waals surface area contributed by atoms with Gasteiger partial charge in [0.1, 0.15) is 12.4 Å². The number of ether oxygens (including phenoxy) is 1. The number of amides is 1. The molecule has 1 saturated carbocycles. The molecular weight excluding hydrogens is 562 g/mol. The van der Waals surface area contributed by atoms with Crippen molar-refractivity contribution in [3.63, 3.8) is 0 Å². The van der Waals surface area contributed by atoms with Gasteiger partial charge in [0.25, 0.3) is 11.8 Å². The van der Waals surface area contributed by atoms with Gasteiger partial charge in [-0.2, -0.15) is 4.73 Å². The lowest BCUT2D eigenvalue weighted by molar-refractivity contribution is -0.0285. The second-order valence-corrected chi connectivity index (χ2v) is 12.0. The highest BCUT2D eigenvalue weighted by Crippen LogP contribution is 2.50. The van der Waals surface area contributed by atoms with E-state index < -0.39 is 17.7 Å². The number of carbonyl (C=O) groups excluding carboxylic acids is 1. The van der Waals surface area contributed by atoms with Crippen LogP contribution in [0.3, 0.4) is 0 Å². The van der Waals surface area contributed by atoms with Crippen LogP contribution in [0.4, 0.5) is 14.5 Å². The first-order valence-electron chi connectivity index (χ1n) is 15.3. The van der Waals surface area contributed by atoms with Gasteiger partial charge in [-0.05, 0) is 112 Å². The summed E-state index contributed by atoms with van der Waals surface area (Å²) in [5.41, 5.74) is 5.07. The summed E-state index contributed by atoms with van der Waals surface area (Å²) in [7, 11) is 0. The van der Waals surface area contributed by atoms with Gasteiger partial charge in [0.15, 0.2) is 11.5 Å². The van der Waals surface area contributed by atoms with Gasteiger partial charge in [-0.1, -0.05) is 30.3 Å². The number of hydrogen-bond donors (Lipinski definition) is 2. The number of carbonyl (C=O) groups is 1.